The summed E-state index contributed by atoms with van der Waals surface area (Å²) < 4.78 is 145. The second kappa shape index (κ2) is 10.3. The van der Waals surface area contributed by atoms with Crippen LogP contribution in [0.4, 0.5) is 50.9 Å². The number of aromatic nitrogens is 2. The van der Waals surface area contributed by atoms with Gasteiger partial charge in [0.2, 0.25) is 0 Å². The van der Waals surface area contributed by atoms with Crippen LogP contribution in [0.1, 0.15) is 34.2 Å². The first-order valence-electron chi connectivity index (χ1n) is 10.8. The highest BCUT2D eigenvalue weighted by molar-refractivity contribution is 7.91. The Bertz CT molecular complexity index is 1550. The van der Waals surface area contributed by atoms with Gasteiger partial charge < -0.3 is 10.6 Å². The van der Waals surface area contributed by atoms with Crippen LogP contribution in [0.3, 0.4) is 0 Å². The molecule has 7 nitrogen and oxygen atoms in total. The van der Waals surface area contributed by atoms with E-state index in [1.165, 1.54) is 0 Å². The minimum atomic E-state index is -5.27. The van der Waals surface area contributed by atoms with Gasteiger partial charge in [-0.1, -0.05) is 19.1 Å². The highest BCUT2D eigenvalue weighted by Crippen LogP contribution is 2.40. The van der Waals surface area contributed by atoms with Gasteiger partial charge in [-0.15, -0.1) is 0 Å². The third-order valence-electron chi connectivity index (χ3n) is 5.57. The molecule has 1 aromatic carbocycles. The molecule has 0 radical (unpaired) electrons. The largest absolute Gasteiger partial charge is 0.433 e. The molecule has 17 heteroatoms. The fourth-order valence-corrected chi connectivity index (χ4v) is 4.50. The number of hydrogen-bond acceptors (Lipinski definition) is 6. The Hall–Kier alpha value is -3.89. The Morgan fingerprint density at radius 2 is 1.50 bits per heavy atom. The number of benzene rings is 1. The number of anilines is 2. The van der Waals surface area contributed by atoms with Gasteiger partial charge in [0.05, 0.1) is 45.0 Å². The fraction of sp³-hybridized carbons (Fsp3) is 0.261. The summed E-state index contributed by atoms with van der Waals surface area (Å²) >= 11 is 0. The highest BCUT2D eigenvalue weighted by atomic mass is 32.2. The average Bonchev–Trinajstić information content (AvgIpc) is 2.85. The molecule has 0 unspecified atom stereocenters. The van der Waals surface area contributed by atoms with Gasteiger partial charge in [-0.25, -0.2) is 18.4 Å². The van der Waals surface area contributed by atoms with Crippen LogP contribution in [0.25, 0.3) is 11.3 Å². The van der Waals surface area contributed by atoms with Crippen molar-refractivity contribution in [3.8, 4) is 11.3 Å². The molecule has 3 rings (SSSR count). The predicted octanol–water partition coefficient (Wildman–Crippen LogP) is 5.85. The second-order valence-corrected chi connectivity index (χ2v) is 10.4. The summed E-state index contributed by atoms with van der Waals surface area (Å²) in [4.78, 5) is 19.5. The molecule has 0 spiro atoms. The van der Waals surface area contributed by atoms with E-state index in [4.69, 9.17) is 5.73 Å². The summed E-state index contributed by atoms with van der Waals surface area (Å²) in [6.07, 6.45) is -14.4. The number of hydrogen-bond donors (Lipinski definition) is 1. The maximum absolute atomic E-state index is 14.0. The summed E-state index contributed by atoms with van der Waals surface area (Å²) in [5, 5.41) is 0. The van der Waals surface area contributed by atoms with Crippen molar-refractivity contribution in [3.05, 3.63) is 65.1 Å². The summed E-state index contributed by atoms with van der Waals surface area (Å²) in [5.74, 6) is -2.18. The topological polar surface area (TPSA) is 106 Å². The fourth-order valence-electron chi connectivity index (χ4n) is 3.46. The molecule has 2 N–H and O–H groups in total. The number of amides is 1. The maximum atomic E-state index is 14.0. The Kier molecular flexibility index (Phi) is 7.86. The molecule has 0 saturated carbocycles. The zero-order valence-electron chi connectivity index (χ0n) is 20.2. The number of pyridine rings is 2. The van der Waals surface area contributed by atoms with Crippen LogP contribution in [0.5, 0.6) is 0 Å². The predicted molar refractivity (Wildman–Crippen MR) is 124 cm³/mol. The highest BCUT2D eigenvalue weighted by Gasteiger charge is 2.39. The van der Waals surface area contributed by atoms with Gasteiger partial charge in [-0.05, 0) is 24.3 Å². The van der Waals surface area contributed by atoms with E-state index in [9.17, 15) is 52.7 Å². The molecule has 2 heterocycles. The van der Waals surface area contributed by atoms with Gasteiger partial charge in [0.25, 0.3) is 5.91 Å². The number of nitrogen functional groups attached to an aromatic ring is 1. The van der Waals surface area contributed by atoms with Gasteiger partial charge >= 0.3 is 18.5 Å². The number of carbonyl (C=O) groups excluding carboxylic acids is 1. The van der Waals surface area contributed by atoms with Gasteiger partial charge in [0.15, 0.2) is 9.84 Å². The molecule has 40 heavy (non-hydrogen) atoms. The smallest absolute Gasteiger partial charge is 0.397 e. The van der Waals surface area contributed by atoms with Gasteiger partial charge in [0, 0.05) is 12.6 Å². The molecule has 0 saturated heterocycles. The summed E-state index contributed by atoms with van der Waals surface area (Å²) in [6, 6.07) is 2.77. The van der Waals surface area contributed by atoms with Crippen LogP contribution < -0.4 is 10.6 Å². The molecule has 0 aliphatic carbocycles. The van der Waals surface area contributed by atoms with Crippen molar-refractivity contribution in [2.24, 2.45) is 0 Å². The van der Waals surface area contributed by atoms with Crippen molar-refractivity contribution in [1.29, 1.82) is 0 Å². The van der Waals surface area contributed by atoms with Crippen LogP contribution >= 0.6 is 0 Å². The standard InChI is InChI=1S/C23H17F9N4O3S/c1-3-40(38,39)16-8-13(22(27,28)29)18(11-4-6-12(7-5-11)21(24,25)26)35-19(16)20(37)36(2)15-10-34-17(9-14(15)33)23(30,31)32/h4-10H,3H2,1-2H3,(H2,33,34). The number of rotatable bonds is 5. The van der Waals surface area contributed by atoms with Crippen LogP contribution in [0.15, 0.2) is 47.5 Å². The van der Waals surface area contributed by atoms with Crippen LogP contribution in [0, 0.1) is 0 Å². The van der Waals surface area contributed by atoms with E-state index >= 15 is 0 Å². The minimum absolute atomic E-state index is 0.133. The number of alkyl halides is 9. The zero-order valence-corrected chi connectivity index (χ0v) is 21.0. The van der Waals surface area contributed by atoms with E-state index in [2.05, 4.69) is 9.97 Å². The second-order valence-electron chi connectivity index (χ2n) is 8.20. The lowest BCUT2D eigenvalue weighted by Gasteiger charge is -2.22. The number of nitrogens with zero attached hydrogens (tertiary/aromatic N) is 3. The number of halogens is 9. The Balaban J connectivity index is 2.28. The first-order chi connectivity index (χ1) is 18.2. The van der Waals surface area contributed by atoms with E-state index in [1.54, 1.807) is 0 Å². The molecule has 3 aromatic rings. The lowest BCUT2D eigenvalue weighted by Crippen LogP contribution is -2.31. The van der Waals surface area contributed by atoms with E-state index in [-0.39, 0.29) is 6.07 Å². The number of carbonyl (C=O) groups is 1. The van der Waals surface area contributed by atoms with Crippen molar-refractivity contribution >= 4 is 27.1 Å². The molecule has 0 fully saturated rings. The minimum Gasteiger partial charge on any atom is -0.397 e. The van der Waals surface area contributed by atoms with Gasteiger partial charge in [0.1, 0.15) is 11.4 Å². The quantitative estimate of drug-likeness (QED) is 0.369. The maximum Gasteiger partial charge on any atom is 0.433 e. The lowest BCUT2D eigenvalue weighted by atomic mass is 10.0. The van der Waals surface area contributed by atoms with Gasteiger partial charge in [-0.3, -0.25) is 4.79 Å². The first kappa shape index (κ1) is 30.6. The lowest BCUT2D eigenvalue weighted by molar-refractivity contribution is -0.141. The molecule has 0 bridgehead atoms. The molecule has 0 aliphatic heterocycles. The van der Waals surface area contributed by atoms with Crippen molar-refractivity contribution in [1.82, 2.24) is 9.97 Å². The van der Waals surface area contributed by atoms with Crippen LogP contribution in [0.2, 0.25) is 0 Å². The van der Waals surface area contributed by atoms with Crippen molar-refractivity contribution in [3.63, 3.8) is 0 Å². The molecule has 0 atom stereocenters. The molecule has 1 amide bonds. The van der Waals surface area contributed by atoms with E-state index in [1.807, 2.05) is 0 Å². The van der Waals surface area contributed by atoms with Gasteiger partial charge in [-0.2, -0.15) is 39.5 Å². The molecular weight excluding hydrogens is 583 g/mol. The Morgan fingerprint density at radius 3 is 1.95 bits per heavy atom. The molecule has 0 aliphatic rings. The number of sulfone groups is 1. The summed E-state index contributed by atoms with van der Waals surface area (Å²) in [6.45, 7) is 1.07. The van der Waals surface area contributed by atoms with Crippen LogP contribution in [-0.2, 0) is 28.4 Å². The third-order valence-corrected chi connectivity index (χ3v) is 7.31. The van der Waals surface area contributed by atoms with Crippen LogP contribution in [-0.4, -0.2) is 37.1 Å². The van der Waals surface area contributed by atoms with Crippen molar-refractivity contribution < 1.29 is 52.7 Å². The van der Waals surface area contributed by atoms with E-state index < -0.39 is 90.1 Å². The average molecular weight is 600 g/mol. The normalized spacial score (nSPS) is 12.9. The van der Waals surface area contributed by atoms with E-state index in [0.717, 1.165) is 14.0 Å². The SMILES string of the molecule is CCS(=O)(=O)c1cc(C(F)(F)F)c(-c2ccc(C(F)(F)F)cc2)nc1C(=O)N(C)c1cnc(C(F)(F)F)cc1N. The number of nitrogens with two attached hydrogens (primary N) is 1. The monoisotopic (exact) mass is 600 g/mol. The zero-order chi connectivity index (χ0) is 30.4. The molecule has 2 aromatic heterocycles. The molecule has 216 valence electrons. The first-order valence-corrected chi connectivity index (χ1v) is 12.5. The summed E-state index contributed by atoms with van der Waals surface area (Å²) in [5.41, 5.74) is -2.42. The van der Waals surface area contributed by atoms with E-state index in [0.29, 0.717) is 41.4 Å². The van der Waals surface area contributed by atoms with Crippen molar-refractivity contribution in [2.45, 2.75) is 30.3 Å². The third kappa shape index (κ3) is 6.13. The molecular formula is C23H17F9N4O3S. The Morgan fingerprint density at radius 1 is 0.925 bits per heavy atom. The van der Waals surface area contributed by atoms with Crippen molar-refractivity contribution in [2.75, 3.05) is 23.4 Å². The Labute approximate surface area is 220 Å². The summed E-state index contributed by atoms with van der Waals surface area (Å²) in [7, 11) is -3.65.